The Balaban J connectivity index is 2.12. The Labute approximate surface area is 120 Å². The smallest absolute Gasteiger partial charge is 0.329 e. The van der Waals surface area contributed by atoms with Gasteiger partial charge in [0.15, 0.2) is 11.5 Å². The van der Waals surface area contributed by atoms with Crippen LogP contribution in [0.2, 0.25) is 0 Å². The third-order valence-electron chi connectivity index (χ3n) is 2.56. The van der Waals surface area contributed by atoms with Crippen molar-refractivity contribution in [1.29, 1.82) is 0 Å². The highest BCUT2D eigenvalue weighted by molar-refractivity contribution is 5.68. The summed E-state index contributed by atoms with van der Waals surface area (Å²) in [5.74, 6) is 0.624. The summed E-state index contributed by atoms with van der Waals surface area (Å²) in [6, 6.07) is 5.20. The van der Waals surface area contributed by atoms with E-state index in [9.17, 15) is 4.79 Å². The number of carbonyl (C=O) groups is 1. The molecule has 0 saturated carbocycles. The second kappa shape index (κ2) is 6.71. The van der Waals surface area contributed by atoms with E-state index in [-0.39, 0.29) is 12.5 Å². The minimum Gasteiger partial charge on any atom is -0.493 e. The minimum atomic E-state index is -1.06. The van der Waals surface area contributed by atoms with E-state index in [4.69, 9.17) is 23.8 Å². The van der Waals surface area contributed by atoms with Gasteiger partial charge in [0, 0.05) is 5.56 Å². The Hall–Kier alpha value is -2.61. The van der Waals surface area contributed by atoms with Crippen molar-refractivity contribution < 1.29 is 28.6 Å². The number of rotatable bonds is 7. The van der Waals surface area contributed by atoms with Crippen molar-refractivity contribution in [2.24, 2.45) is 0 Å². The van der Waals surface area contributed by atoms with Crippen molar-refractivity contribution >= 4 is 5.97 Å². The number of methoxy groups -OCH3 is 2. The van der Waals surface area contributed by atoms with E-state index in [1.807, 2.05) is 0 Å². The number of benzene rings is 1. The number of aromatic nitrogens is 2. The second-order valence-electron chi connectivity index (χ2n) is 3.97. The van der Waals surface area contributed by atoms with Crippen molar-refractivity contribution in [3.05, 3.63) is 24.1 Å². The lowest BCUT2D eigenvalue weighted by molar-refractivity contribution is -0.142. The van der Waals surface area contributed by atoms with E-state index < -0.39 is 12.6 Å². The standard InChI is InChI=1S/C13H14N2O6/c1-18-9-4-3-8(5-10(9)19-2)13-14-11(21-15-13)6-20-7-12(16)17/h3-5H,6-7H2,1-2H3,(H,16,17). The molecule has 8 heteroatoms. The molecule has 21 heavy (non-hydrogen) atoms. The lowest BCUT2D eigenvalue weighted by atomic mass is 10.2. The van der Waals surface area contributed by atoms with E-state index in [2.05, 4.69) is 10.1 Å². The van der Waals surface area contributed by atoms with E-state index in [1.54, 1.807) is 25.3 Å². The third-order valence-corrected chi connectivity index (χ3v) is 2.56. The van der Waals surface area contributed by atoms with Gasteiger partial charge in [0.05, 0.1) is 14.2 Å². The van der Waals surface area contributed by atoms with Crippen LogP contribution in [0.4, 0.5) is 0 Å². The largest absolute Gasteiger partial charge is 0.493 e. The molecule has 2 aromatic rings. The van der Waals surface area contributed by atoms with Crippen LogP contribution in [-0.4, -0.2) is 42.0 Å². The maximum Gasteiger partial charge on any atom is 0.329 e. The summed E-state index contributed by atoms with van der Waals surface area (Å²) in [6.45, 7) is -0.485. The van der Waals surface area contributed by atoms with Gasteiger partial charge < -0.3 is 23.8 Å². The van der Waals surface area contributed by atoms with E-state index in [0.29, 0.717) is 22.9 Å². The molecule has 0 fully saturated rings. The molecule has 0 amide bonds. The number of nitrogens with zero attached hydrogens (tertiary/aromatic N) is 2. The first-order valence-electron chi connectivity index (χ1n) is 5.98. The van der Waals surface area contributed by atoms with Crippen LogP contribution in [-0.2, 0) is 16.1 Å². The molecule has 0 radical (unpaired) electrons. The summed E-state index contributed by atoms with van der Waals surface area (Å²) >= 11 is 0. The highest BCUT2D eigenvalue weighted by Crippen LogP contribution is 2.31. The molecule has 0 saturated heterocycles. The van der Waals surface area contributed by atoms with E-state index in [0.717, 1.165) is 0 Å². The average molecular weight is 294 g/mol. The van der Waals surface area contributed by atoms with Crippen LogP contribution in [0.5, 0.6) is 11.5 Å². The Morgan fingerprint density at radius 1 is 1.29 bits per heavy atom. The predicted octanol–water partition coefficient (Wildman–Crippen LogP) is 1.35. The topological polar surface area (TPSA) is 104 Å². The Morgan fingerprint density at radius 2 is 2.05 bits per heavy atom. The van der Waals surface area contributed by atoms with Crippen LogP contribution in [0.15, 0.2) is 22.7 Å². The molecule has 0 spiro atoms. The summed E-state index contributed by atoms with van der Waals surface area (Å²) in [5, 5.41) is 12.3. The fraction of sp³-hybridized carbons (Fsp3) is 0.308. The van der Waals surface area contributed by atoms with Crippen LogP contribution in [0.3, 0.4) is 0 Å². The summed E-state index contributed by atoms with van der Waals surface area (Å²) in [4.78, 5) is 14.4. The lowest BCUT2D eigenvalue weighted by Crippen LogP contribution is -2.06. The summed E-state index contributed by atoms with van der Waals surface area (Å²) in [6.07, 6.45) is 0. The van der Waals surface area contributed by atoms with Crippen molar-refractivity contribution in [3.8, 4) is 22.9 Å². The monoisotopic (exact) mass is 294 g/mol. The van der Waals surface area contributed by atoms with Crippen LogP contribution >= 0.6 is 0 Å². The predicted molar refractivity (Wildman–Crippen MR) is 70.1 cm³/mol. The first-order chi connectivity index (χ1) is 10.1. The van der Waals surface area contributed by atoms with Gasteiger partial charge in [-0.3, -0.25) is 0 Å². The van der Waals surface area contributed by atoms with Gasteiger partial charge in [-0.15, -0.1) is 0 Å². The maximum atomic E-state index is 10.3. The molecular weight excluding hydrogens is 280 g/mol. The fourth-order valence-electron chi connectivity index (χ4n) is 1.63. The molecule has 0 unspecified atom stereocenters. The molecule has 2 rings (SSSR count). The van der Waals surface area contributed by atoms with Gasteiger partial charge in [-0.05, 0) is 18.2 Å². The van der Waals surface area contributed by atoms with Crippen LogP contribution in [0.25, 0.3) is 11.4 Å². The molecule has 112 valence electrons. The van der Waals surface area contributed by atoms with Crippen LogP contribution < -0.4 is 9.47 Å². The normalized spacial score (nSPS) is 10.4. The van der Waals surface area contributed by atoms with Crippen molar-refractivity contribution in [2.75, 3.05) is 20.8 Å². The summed E-state index contributed by atoms with van der Waals surface area (Å²) in [5.41, 5.74) is 0.681. The molecule has 1 heterocycles. The van der Waals surface area contributed by atoms with Gasteiger partial charge in [0.2, 0.25) is 5.82 Å². The molecule has 0 aliphatic heterocycles. The average Bonchev–Trinajstić information content (AvgIpc) is 2.95. The molecule has 0 atom stereocenters. The Kier molecular flexibility index (Phi) is 4.72. The molecule has 0 aliphatic carbocycles. The number of carboxylic acids is 1. The summed E-state index contributed by atoms with van der Waals surface area (Å²) in [7, 11) is 3.08. The molecule has 0 bridgehead atoms. The zero-order valence-corrected chi connectivity index (χ0v) is 11.5. The third kappa shape index (κ3) is 3.69. The van der Waals surface area contributed by atoms with Gasteiger partial charge in [0.25, 0.3) is 5.89 Å². The number of hydrogen-bond donors (Lipinski definition) is 1. The summed E-state index contributed by atoms with van der Waals surface area (Å²) < 4.78 is 20.2. The molecule has 1 aromatic carbocycles. The quantitative estimate of drug-likeness (QED) is 0.816. The first kappa shape index (κ1) is 14.8. The molecular formula is C13H14N2O6. The maximum absolute atomic E-state index is 10.3. The number of carboxylic acid groups (broad SMARTS) is 1. The fourth-order valence-corrected chi connectivity index (χ4v) is 1.63. The molecule has 8 nitrogen and oxygen atoms in total. The van der Waals surface area contributed by atoms with Crippen molar-refractivity contribution in [3.63, 3.8) is 0 Å². The van der Waals surface area contributed by atoms with E-state index in [1.165, 1.54) is 7.11 Å². The van der Waals surface area contributed by atoms with Crippen molar-refractivity contribution in [1.82, 2.24) is 10.1 Å². The van der Waals surface area contributed by atoms with E-state index >= 15 is 0 Å². The van der Waals surface area contributed by atoms with Crippen LogP contribution in [0.1, 0.15) is 5.89 Å². The molecule has 0 aliphatic rings. The Bertz CT molecular complexity index is 625. The second-order valence-corrected chi connectivity index (χ2v) is 3.97. The minimum absolute atomic E-state index is 0.0629. The van der Waals surface area contributed by atoms with Crippen molar-refractivity contribution in [2.45, 2.75) is 6.61 Å². The van der Waals surface area contributed by atoms with Gasteiger partial charge in [-0.1, -0.05) is 5.16 Å². The number of hydrogen-bond acceptors (Lipinski definition) is 7. The Morgan fingerprint density at radius 3 is 2.71 bits per heavy atom. The SMILES string of the molecule is COc1ccc(-c2noc(COCC(=O)O)n2)cc1OC. The van der Waals surface area contributed by atoms with Gasteiger partial charge >= 0.3 is 5.97 Å². The number of ether oxygens (including phenoxy) is 3. The first-order valence-corrected chi connectivity index (χ1v) is 5.98. The highest BCUT2D eigenvalue weighted by atomic mass is 16.5. The zero-order valence-electron chi connectivity index (χ0n) is 11.5. The lowest BCUT2D eigenvalue weighted by Gasteiger charge is -2.07. The zero-order chi connectivity index (χ0) is 15.2. The number of aliphatic carboxylic acids is 1. The van der Waals surface area contributed by atoms with Gasteiger partial charge in [-0.2, -0.15) is 4.98 Å². The highest BCUT2D eigenvalue weighted by Gasteiger charge is 2.12. The van der Waals surface area contributed by atoms with Gasteiger partial charge in [-0.25, -0.2) is 4.79 Å². The molecule has 1 N–H and O–H groups in total. The van der Waals surface area contributed by atoms with Gasteiger partial charge in [0.1, 0.15) is 13.2 Å². The molecule has 1 aromatic heterocycles. The van der Waals surface area contributed by atoms with Crippen LogP contribution in [0, 0.1) is 0 Å².